The van der Waals surface area contributed by atoms with Crippen molar-refractivity contribution in [3.8, 4) is 0 Å². The van der Waals surface area contributed by atoms with Crippen molar-refractivity contribution in [1.29, 1.82) is 0 Å². The Bertz CT molecular complexity index is 444. The molecule has 0 fully saturated rings. The zero-order chi connectivity index (χ0) is 15.7. The van der Waals surface area contributed by atoms with Gasteiger partial charge in [-0.05, 0) is 49.7 Å². The normalized spacial score (nSPS) is 14.8. The Morgan fingerprint density at radius 2 is 1.90 bits per heavy atom. The van der Waals surface area contributed by atoms with Gasteiger partial charge in [0, 0.05) is 0 Å². The van der Waals surface area contributed by atoms with E-state index in [9.17, 15) is 5.11 Å². The highest BCUT2D eigenvalue weighted by Gasteiger charge is 2.07. The van der Waals surface area contributed by atoms with E-state index in [-0.39, 0.29) is 6.10 Å². The molecule has 1 aromatic rings. The van der Waals surface area contributed by atoms with Crippen molar-refractivity contribution in [1.82, 2.24) is 0 Å². The van der Waals surface area contributed by atoms with Gasteiger partial charge in [0.15, 0.2) is 0 Å². The third kappa shape index (κ3) is 7.29. The summed E-state index contributed by atoms with van der Waals surface area (Å²) in [6.45, 7) is 10.6. The molecule has 116 valence electrons. The molecule has 0 aromatic heterocycles. The molecule has 0 spiro atoms. The van der Waals surface area contributed by atoms with Crippen molar-refractivity contribution < 1.29 is 5.11 Å². The molecular weight excluding hydrogens is 256 g/mol. The molecule has 1 nitrogen and oxygen atoms in total. The summed E-state index contributed by atoms with van der Waals surface area (Å²) < 4.78 is 0. The second-order valence-electron chi connectivity index (χ2n) is 6.14. The molecule has 0 saturated heterocycles. The van der Waals surface area contributed by atoms with Gasteiger partial charge in [-0.25, -0.2) is 0 Å². The van der Waals surface area contributed by atoms with E-state index >= 15 is 0 Å². The predicted octanol–water partition coefficient (Wildman–Crippen LogP) is 5.31. The quantitative estimate of drug-likeness (QED) is 0.610. The van der Waals surface area contributed by atoms with Crippen LogP contribution in [0.3, 0.4) is 0 Å². The summed E-state index contributed by atoms with van der Waals surface area (Å²) >= 11 is 0. The van der Waals surface area contributed by atoms with Crippen LogP contribution in [0, 0.1) is 5.92 Å². The molecule has 0 unspecified atom stereocenters. The van der Waals surface area contributed by atoms with E-state index < -0.39 is 0 Å². The fraction of sp³-hybridized carbons (Fsp3) is 0.500. The van der Waals surface area contributed by atoms with E-state index in [0.717, 1.165) is 37.7 Å². The Morgan fingerprint density at radius 1 is 1.24 bits per heavy atom. The fourth-order valence-corrected chi connectivity index (χ4v) is 2.55. The first-order valence-corrected chi connectivity index (χ1v) is 8.09. The van der Waals surface area contributed by atoms with Crippen molar-refractivity contribution in [3.05, 3.63) is 59.7 Å². The molecule has 21 heavy (non-hydrogen) atoms. The Morgan fingerprint density at radius 3 is 2.52 bits per heavy atom. The summed E-state index contributed by atoms with van der Waals surface area (Å²) in [4.78, 5) is 0. The number of allylic oxidation sites excluding steroid dienone is 2. The molecule has 0 bridgehead atoms. The van der Waals surface area contributed by atoms with Gasteiger partial charge in [-0.2, -0.15) is 0 Å². The fourth-order valence-electron chi connectivity index (χ4n) is 2.55. The zero-order valence-corrected chi connectivity index (χ0v) is 13.8. The highest BCUT2D eigenvalue weighted by molar-refractivity contribution is 5.20. The minimum atomic E-state index is -0.273. The lowest BCUT2D eigenvalue weighted by Crippen LogP contribution is -2.08. The Labute approximate surface area is 130 Å². The van der Waals surface area contributed by atoms with Gasteiger partial charge < -0.3 is 5.11 Å². The first-order chi connectivity index (χ1) is 10.0. The van der Waals surface area contributed by atoms with E-state index in [0.29, 0.717) is 5.92 Å². The Kier molecular flexibility index (Phi) is 8.07. The smallest absolute Gasteiger partial charge is 0.0747 e. The van der Waals surface area contributed by atoms with Gasteiger partial charge in [0.1, 0.15) is 0 Å². The maximum atomic E-state index is 9.95. The summed E-state index contributed by atoms with van der Waals surface area (Å²) in [5.41, 5.74) is 3.73. The molecule has 0 heterocycles. The number of aliphatic hydroxyl groups excluding tert-OH is 1. The number of hydrogen-bond acceptors (Lipinski definition) is 1. The van der Waals surface area contributed by atoms with Crippen LogP contribution in [0.5, 0.6) is 0 Å². The minimum Gasteiger partial charge on any atom is -0.389 e. The Hall–Kier alpha value is -1.34. The van der Waals surface area contributed by atoms with Gasteiger partial charge in [-0.15, -0.1) is 0 Å². The number of benzene rings is 1. The lowest BCUT2D eigenvalue weighted by atomic mass is 9.95. The molecular formula is C20H30O. The summed E-state index contributed by atoms with van der Waals surface area (Å²) in [5, 5.41) is 9.95. The summed E-state index contributed by atoms with van der Waals surface area (Å²) in [7, 11) is 0. The van der Waals surface area contributed by atoms with Crippen LogP contribution in [0.15, 0.2) is 54.1 Å². The molecule has 1 heteroatoms. The van der Waals surface area contributed by atoms with Crippen LogP contribution in [-0.4, -0.2) is 11.2 Å². The van der Waals surface area contributed by atoms with E-state index in [1.807, 2.05) is 13.0 Å². The first kappa shape index (κ1) is 17.7. The molecule has 1 rings (SSSR count). The minimum absolute atomic E-state index is 0.273. The van der Waals surface area contributed by atoms with Crippen molar-refractivity contribution in [2.45, 2.75) is 59.0 Å². The monoisotopic (exact) mass is 286 g/mol. The maximum Gasteiger partial charge on any atom is 0.0747 e. The second kappa shape index (κ2) is 9.57. The maximum absolute atomic E-state index is 9.95. The van der Waals surface area contributed by atoms with E-state index in [1.54, 1.807) is 0 Å². The summed E-state index contributed by atoms with van der Waals surface area (Å²) in [5.74, 6) is 0.490. The highest BCUT2D eigenvalue weighted by Crippen LogP contribution is 2.18. The average Bonchev–Trinajstić information content (AvgIpc) is 2.46. The molecule has 0 aliphatic heterocycles. The largest absolute Gasteiger partial charge is 0.389 e. The van der Waals surface area contributed by atoms with Crippen LogP contribution in [0.25, 0.3) is 0 Å². The number of rotatable bonds is 9. The van der Waals surface area contributed by atoms with Crippen molar-refractivity contribution in [2.75, 3.05) is 0 Å². The predicted molar refractivity (Wildman–Crippen MR) is 92.4 cm³/mol. The van der Waals surface area contributed by atoms with E-state index in [4.69, 9.17) is 0 Å². The third-order valence-corrected chi connectivity index (χ3v) is 3.89. The molecule has 2 atom stereocenters. The molecule has 1 N–H and O–H groups in total. The van der Waals surface area contributed by atoms with Gasteiger partial charge in [0.2, 0.25) is 0 Å². The molecule has 0 amide bonds. The zero-order valence-electron chi connectivity index (χ0n) is 13.8. The van der Waals surface area contributed by atoms with Crippen molar-refractivity contribution in [2.24, 2.45) is 5.92 Å². The lowest BCUT2D eigenvalue weighted by Gasteiger charge is -2.14. The van der Waals surface area contributed by atoms with Crippen molar-refractivity contribution in [3.63, 3.8) is 0 Å². The van der Waals surface area contributed by atoms with Crippen molar-refractivity contribution >= 4 is 0 Å². The number of hydrogen-bond donors (Lipinski definition) is 1. The molecule has 0 radical (unpaired) electrons. The standard InChI is InChI=1S/C20H30O/c1-5-9-20(21)18(4)14-16(2)12-13-17(3)15-19-10-7-6-8-11-19/h6-8,10-11,14,16,20-21H,3,5,9,12-13,15H2,1-2,4H3/b18-14+/t16-,20+/m0/s1. The van der Waals surface area contributed by atoms with Gasteiger partial charge in [0.05, 0.1) is 6.10 Å². The van der Waals surface area contributed by atoms with Crippen LogP contribution in [-0.2, 0) is 6.42 Å². The molecule has 0 saturated carbocycles. The summed E-state index contributed by atoms with van der Waals surface area (Å²) in [6.07, 6.45) is 6.94. The van der Waals surface area contributed by atoms with Gasteiger partial charge in [0.25, 0.3) is 0 Å². The highest BCUT2D eigenvalue weighted by atomic mass is 16.3. The molecule has 0 aliphatic carbocycles. The van der Waals surface area contributed by atoms with Gasteiger partial charge in [-0.3, -0.25) is 0 Å². The van der Waals surface area contributed by atoms with Crippen LogP contribution in [0.1, 0.15) is 52.0 Å². The third-order valence-electron chi connectivity index (χ3n) is 3.89. The van der Waals surface area contributed by atoms with Gasteiger partial charge in [-0.1, -0.05) is 68.8 Å². The van der Waals surface area contributed by atoms with Crippen LogP contribution in [0.2, 0.25) is 0 Å². The molecule has 1 aromatic carbocycles. The SMILES string of the molecule is C=C(CC[C@H](C)/C=C(\C)[C@H](O)CCC)Cc1ccccc1. The van der Waals surface area contributed by atoms with E-state index in [2.05, 4.69) is 50.8 Å². The second-order valence-corrected chi connectivity index (χ2v) is 6.14. The lowest BCUT2D eigenvalue weighted by molar-refractivity contribution is 0.198. The van der Waals surface area contributed by atoms with Crippen LogP contribution in [0.4, 0.5) is 0 Å². The summed E-state index contributed by atoms with van der Waals surface area (Å²) in [6, 6.07) is 10.5. The topological polar surface area (TPSA) is 20.2 Å². The van der Waals surface area contributed by atoms with Crippen LogP contribution >= 0.6 is 0 Å². The number of aliphatic hydroxyl groups is 1. The Balaban J connectivity index is 2.37. The molecule has 0 aliphatic rings. The first-order valence-electron chi connectivity index (χ1n) is 8.09. The van der Waals surface area contributed by atoms with E-state index in [1.165, 1.54) is 11.1 Å². The van der Waals surface area contributed by atoms with Crippen LogP contribution < -0.4 is 0 Å². The van der Waals surface area contributed by atoms with Gasteiger partial charge >= 0.3 is 0 Å². The average molecular weight is 286 g/mol.